The van der Waals surface area contributed by atoms with Crippen LogP contribution in [0.4, 0.5) is 0 Å². The molecule has 1 heteroatoms. The van der Waals surface area contributed by atoms with Gasteiger partial charge in [-0.1, -0.05) is 45.4 Å². The molecule has 0 aliphatic heterocycles. The second kappa shape index (κ2) is 4.83. The highest BCUT2D eigenvalue weighted by Gasteiger charge is 2.56. The maximum atomic E-state index is 11.9. The van der Waals surface area contributed by atoms with Crippen LogP contribution in [0, 0.1) is 28.6 Å². The summed E-state index contributed by atoms with van der Waals surface area (Å²) in [5, 5.41) is 0. The standard InChI is InChI=1S/C20H30O/c1-13(2)16-7-11-20(5)17(16)8-10-19(4)9-6-15(14(3)21)12-18(19)20/h6-7,13,17-18H,8-12H2,1-5H3/t17-,18-,19+,20-/m1/s1. The van der Waals surface area contributed by atoms with Crippen LogP contribution in [0.2, 0.25) is 0 Å². The van der Waals surface area contributed by atoms with Crippen molar-refractivity contribution in [3.8, 4) is 0 Å². The van der Waals surface area contributed by atoms with Crippen molar-refractivity contribution in [3.05, 3.63) is 23.3 Å². The molecule has 4 atom stereocenters. The van der Waals surface area contributed by atoms with Crippen molar-refractivity contribution >= 4 is 5.78 Å². The van der Waals surface area contributed by atoms with Gasteiger partial charge in [-0.2, -0.15) is 0 Å². The van der Waals surface area contributed by atoms with E-state index in [1.807, 2.05) is 0 Å². The van der Waals surface area contributed by atoms with Gasteiger partial charge < -0.3 is 0 Å². The van der Waals surface area contributed by atoms with Gasteiger partial charge in [0, 0.05) is 0 Å². The molecule has 0 aromatic rings. The van der Waals surface area contributed by atoms with Gasteiger partial charge in [0.2, 0.25) is 0 Å². The molecule has 3 aliphatic rings. The molecule has 0 amide bonds. The minimum Gasteiger partial charge on any atom is -0.295 e. The molecule has 0 N–H and O–H groups in total. The first kappa shape index (κ1) is 15.1. The van der Waals surface area contributed by atoms with Crippen LogP contribution in [0.1, 0.15) is 66.7 Å². The van der Waals surface area contributed by atoms with Crippen molar-refractivity contribution in [2.45, 2.75) is 66.7 Å². The highest BCUT2D eigenvalue weighted by atomic mass is 16.1. The Kier molecular flexibility index (Phi) is 3.46. The first-order chi connectivity index (χ1) is 9.78. The number of carbonyl (C=O) groups excluding carboxylic acids is 1. The molecule has 0 heterocycles. The summed E-state index contributed by atoms with van der Waals surface area (Å²) in [5.74, 6) is 2.38. The Morgan fingerprint density at radius 2 is 1.95 bits per heavy atom. The molecule has 0 bridgehead atoms. The largest absolute Gasteiger partial charge is 0.295 e. The first-order valence-electron chi connectivity index (χ1n) is 8.68. The molecular weight excluding hydrogens is 256 g/mol. The van der Waals surface area contributed by atoms with E-state index in [-0.39, 0.29) is 5.78 Å². The predicted octanol–water partition coefficient (Wildman–Crippen LogP) is 5.32. The second-order valence-electron chi connectivity index (χ2n) is 8.56. The van der Waals surface area contributed by atoms with Gasteiger partial charge in [-0.15, -0.1) is 0 Å². The van der Waals surface area contributed by atoms with Crippen LogP contribution in [0.5, 0.6) is 0 Å². The smallest absolute Gasteiger partial charge is 0.155 e. The molecule has 116 valence electrons. The van der Waals surface area contributed by atoms with E-state index in [0.717, 1.165) is 24.3 Å². The molecule has 0 spiro atoms. The molecule has 3 rings (SSSR count). The maximum absolute atomic E-state index is 11.9. The Balaban J connectivity index is 1.95. The Hall–Kier alpha value is -0.850. The van der Waals surface area contributed by atoms with E-state index < -0.39 is 0 Å². The van der Waals surface area contributed by atoms with Crippen molar-refractivity contribution in [2.75, 3.05) is 0 Å². The van der Waals surface area contributed by atoms with E-state index in [1.54, 1.807) is 12.5 Å². The average Bonchev–Trinajstić information content (AvgIpc) is 2.75. The lowest BCUT2D eigenvalue weighted by Crippen LogP contribution is -2.49. The lowest BCUT2D eigenvalue weighted by atomic mass is 9.48. The Labute approximate surface area is 129 Å². The second-order valence-corrected chi connectivity index (χ2v) is 8.56. The van der Waals surface area contributed by atoms with Gasteiger partial charge in [-0.25, -0.2) is 0 Å². The zero-order valence-corrected chi connectivity index (χ0v) is 14.3. The van der Waals surface area contributed by atoms with Gasteiger partial charge in [0.25, 0.3) is 0 Å². The normalized spacial score (nSPS) is 42.2. The van der Waals surface area contributed by atoms with Crippen LogP contribution in [0.25, 0.3) is 0 Å². The quantitative estimate of drug-likeness (QED) is 0.628. The third-order valence-corrected chi connectivity index (χ3v) is 6.98. The third kappa shape index (κ3) is 2.15. The van der Waals surface area contributed by atoms with Gasteiger partial charge in [0.15, 0.2) is 5.78 Å². The van der Waals surface area contributed by atoms with Gasteiger partial charge >= 0.3 is 0 Å². The summed E-state index contributed by atoms with van der Waals surface area (Å²) in [7, 11) is 0. The van der Waals surface area contributed by atoms with E-state index in [0.29, 0.717) is 22.7 Å². The van der Waals surface area contributed by atoms with E-state index in [2.05, 4.69) is 39.8 Å². The highest BCUT2D eigenvalue weighted by Crippen LogP contribution is 2.65. The van der Waals surface area contributed by atoms with Crippen LogP contribution in [0.15, 0.2) is 23.3 Å². The zero-order valence-electron chi connectivity index (χ0n) is 14.3. The number of hydrogen-bond acceptors (Lipinski definition) is 1. The van der Waals surface area contributed by atoms with E-state index >= 15 is 0 Å². The molecule has 0 aromatic heterocycles. The summed E-state index contributed by atoms with van der Waals surface area (Å²) in [6.07, 6.45) is 10.8. The van der Waals surface area contributed by atoms with Crippen molar-refractivity contribution in [1.29, 1.82) is 0 Å². The summed E-state index contributed by atoms with van der Waals surface area (Å²) in [4.78, 5) is 11.9. The van der Waals surface area contributed by atoms with E-state index in [4.69, 9.17) is 0 Å². The summed E-state index contributed by atoms with van der Waals surface area (Å²) < 4.78 is 0. The number of carbonyl (C=O) groups is 1. The molecule has 21 heavy (non-hydrogen) atoms. The fourth-order valence-corrected chi connectivity index (χ4v) is 5.64. The molecule has 1 nitrogen and oxygen atoms in total. The minimum absolute atomic E-state index is 0.290. The first-order valence-corrected chi connectivity index (χ1v) is 8.68. The lowest BCUT2D eigenvalue weighted by molar-refractivity contribution is -0.115. The van der Waals surface area contributed by atoms with Gasteiger partial charge in [0.05, 0.1) is 0 Å². The Morgan fingerprint density at radius 3 is 2.57 bits per heavy atom. The van der Waals surface area contributed by atoms with Gasteiger partial charge in [-0.05, 0) is 73.2 Å². The number of fused-ring (bicyclic) bond motifs is 3. The molecule has 3 aliphatic carbocycles. The summed E-state index contributed by atoms with van der Waals surface area (Å²) in [6, 6.07) is 0. The predicted molar refractivity (Wildman–Crippen MR) is 88.0 cm³/mol. The molecule has 1 fully saturated rings. The fourth-order valence-electron chi connectivity index (χ4n) is 5.64. The topological polar surface area (TPSA) is 17.1 Å². The molecular formula is C20H30O. The van der Waals surface area contributed by atoms with Gasteiger partial charge in [0.1, 0.15) is 0 Å². The molecule has 0 radical (unpaired) electrons. The Morgan fingerprint density at radius 1 is 1.24 bits per heavy atom. The van der Waals surface area contributed by atoms with Crippen LogP contribution in [-0.2, 0) is 4.79 Å². The van der Waals surface area contributed by atoms with Gasteiger partial charge in [-0.3, -0.25) is 4.79 Å². The van der Waals surface area contributed by atoms with Crippen molar-refractivity contribution < 1.29 is 4.79 Å². The molecule has 1 saturated carbocycles. The monoisotopic (exact) mass is 286 g/mol. The summed E-state index contributed by atoms with van der Waals surface area (Å²) >= 11 is 0. The number of hydrogen-bond donors (Lipinski definition) is 0. The van der Waals surface area contributed by atoms with E-state index in [9.17, 15) is 4.79 Å². The highest BCUT2D eigenvalue weighted by molar-refractivity contribution is 5.93. The number of Topliss-reactive ketones (excluding diaryl/α,β-unsaturated/α-hetero) is 1. The fraction of sp³-hybridized carbons (Fsp3) is 0.750. The summed E-state index contributed by atoms with van der Waals surface area (Å²) in [6.45, 7) is 11.4. The summed E-state index contributed by atoms with van der Waals surface area (Å²) in [5.41, 5.74) is 3.57. The zero-order chi connectivity index (χ0) is 15.4. The Bertz CT molecular complexity index is 524. The van der Waals surface area contributed by atoms with Crippen molar-refractivity contribution in [1.82, 2.24) is 0 Å². The van der Waals surface area contributed by atoms with Crippen LogP contribution in [-0.4, -0.2) is 5.78 Å². The number of rotatable bonds is 2. The van der Waals surface area contributed by atoms with Crippen molar-refractivity contribution in [2.24, 2.45) is 28.6 Å². The lowest BCUT2D eigenvalue weighted by Gasteiger charge is -2.56. The average molecular weight is 286 g/mol. The molecule has 0 aromatic carbocycles. The van der Waals surface area contributed by atoms with Crippen LogP contribution < -0.4 is 0 Å². The third-order valence-electron chi connectivity index (χ3n) is 6.98. The minimum atomic E-state index is 0.290. The molecule has 0 saturated heterocycles. The van der Waals surface area contributed by atoms with Crippen LogP contribution in [0.3, 0.4) is 0 Å². The molecule has 0 unspecified atom stereocenters. The SMILES string of the molecule is CC(=O)C1=CC[C@@]2(C)CC[C@@H]3C(C(C)C)=CC[C@@]3(C)[C@@H]2C1. The van der Waals surface area contributed by atoms with E-state index in [1.165, 1.54) is 19.3 Å². The maximum Gasteiger partial charge on any atom is 0.155 e. The number of ketones is 1. The van der Waals surface area contributed by atoms with Crippen LogP contribution >= 0.6 is 0 Å². The number of allylic oxidation sites excluding steroid dienone is 4. The van der Waals surface area contributed by atoms with Crippen molar-refractivity contribution in [3.63, 3.8) is 0 Å².